The maximum absolute atomic E-state index is 12.7. The average molecular weight is 451 g/mol. The van der Waals surface area contributed by atoms with E-state index >= 15 is 0 Å². The van der Waals surface area contributed by atoms with E-state index in [1.54, 1.807) is 12.1 Å². The number of nitrogens with zero attached hydrogens (tertiary/aromatic N) is 3. The number of benzene rings is 1. The molecule has 0 spiro atoms. The Morgan fingerprint density at radius 3 is 2.73 bits per heavy atom. The molecule has 170 valence electrons. The number of aromatic amines is 1. The molecule has 10 heteroatoms. The Morgan fingerprint density at radius 2 is 2.00 bits per heavy atom. The van der Waals surface area contributed by atoms with Gasteiger partial charge in [-0.1, -0.05) is 6.07 Å². The number of methoxy groups -OCH3 is 1. The third-order valence-corrected chi connectivity index (χ3v) is 5.62. The SMILES string of the molecule is [2H]C([2H])([2H])NC(=O)c1nnc(C(=O)NC2CC2)cc1Nc1cccc(-c2ncc(C3CC3)[nH]2)c1OC. The first-order valence-electron chi connectivity index (χ1n) is 12.2. The summed E-state index contributed by atoms with van der Waals surface area (Å²) < 4.78 is 27.8. The number of nitrogens with one attached hydrogen (secondary N) is 4. The number of imidazole rings is 1. The van der Waals surface area contributed by atoms with Gasteiger partial charge >= 0.3 is 0 Å². The Hall–Kier alpha value is -3.95. The second-order valence-corrected chi connectivity index (χ2v) is 8.17. The maximum Gasteiger partial charge on any atom is 0.273 e. The number of aromatic nitrogens is 4. The predicted molar refractivity (Wildman–Crippen MR) is 122 cm³/mol. The van der Waals surface area contributed by atoms with E-state index in [0.29, 0.717) is 28.7 Å². The van der Waals surface area contributed by atoms with Gasteiger partial charge in [0.1, 0.15) is 5.82 Å². The number of anilines is 2. The molecule has 0 aliphatic heterocycles. The predicted octanol–water partition coefficient (Wildman–Crippen LogP) is 2.75. The summed E-state index contributed by atoms with van der Waals surface area (Å²) in [4.78, 5) is 33.1. The molecule has 4 N–H and O–H groups in total. The molecule has 2 aliphatic rings. The third kappa shape index (κ3) is 4.36. The van der Waals surface area contributed by atoms with Crippen LogP contribution in [0.15, 0.2) is 30.5 Å². The van der Waals surface area contributed by atoms with Gasteiger partial charge in [0.05, 0.1) is 24.0 Å². The number of carbonyl (C=O) groups is 2. The van der Waals surface area contributed by atoms with Crippen molar-refractivity contribution in [3.63, 3.8) is 0 Å². The largest absolute Gasteiger partial charge is 0.494 e. The van der Waals surface area contributed by atoms with Gasteiger partial charge in [-0.25, -0.2) is 4.98 Å². The first-order valence-corrected chi connectivity index (χ1v) is 10.7. The summed E-state index contributed by atoms with van der Waals surface area (Å²) in [5.74, 6) is 0.183. The highest BCUT2D eigenvalue weighted by Crippen LogP contribution is 2.41. The van der Waals surface area contributed by atoms with Crippen LogP contribution < -0.4 is 20.7 Å². The fourth-order valence-corrected chi connectivity index (χ4v) is 3.57. The Kier molecular flexibility index (Phi) is 4.55. The Bertz CT molecular complexity index is 1320. The molecule has 2 saturated carbocycles. The van der Waals surface area contributed by atoms with Crippen LogP contribution in [0.4, 0.5) is 11.4 Å². The van der Waals surface area contributed by atoms with Gasteiger partial charge in [0, 0.05) is 34.9 Å². The van der Waals surface area contributed by atoms with Crippen molar-refractivity contribution in [3.05, 3.63) is 47.5 Å². The molecule has 0 saturated heterocycles. The molecule has 0 atom stereocenters. The summed E-state index contributed by atoms with van der Waals surface area (Å²) in [6.45, 7) is -2.73. The van der Waals surface area contributed by atoms with Crippen LogP contribution in [0.25, 0.3) is 11.4 Å². The molecular formula is C23H25N7O3. The summed E-state index contributed by atoms with van der Waals surface area (Å²) in [7, 11) is 1.51. The number of ether oxygens (including phenoxy) is 1. The normalized spacial score (nSPS) is 16.8. The minimum atomic E-state index is -2.73. The zero-order valence-corrected chi connectivity index (χ0v) is 17.9. The lowest BCUT2D eigenvalue weighted by atomic mass is 10.1. The van der Waals surface area contributed by atoms with Crippen LogP contribution in [0.2, 0.25) is 0 Å². The van der Waals surface area contributed by atoms with Gasteiger partial charge in [-0.3, -0.25) is 9.59 Å². The molecule has 0 bridgehead atoms. The number of H-pyrrole nitrogens is 1. The number of rotatable bonds is 8. The van der Waals surface area contributed by atoms with E-state index in [0.717, 1.165) is 31.4 Å². The van der Waals surface area contributed by atoms with Gasteiger partial charge in [0.25, 0.3) is 11.8 Å². The average Bonchev–Trinajstić information content (AvgIpc) is 3.77. The molecule has 0 unspecified atom stereocenters. The monoisotopic (exact) mass is 450 g/mol. The highest BCUT2D eigenvalue weighted by molar-refractivity contribution is 6.00. The summed E-state index contributed by atoms with van der Waals surface area (Å²) in [6.07, 6.45) is 5.87. The molecule has 2 fully saturated rings. The molecular weight excluding hydrogens is 422 g/mol. The molecule has 2 heterocycles. The minimum absolute atomic E-state index is 0.00920. The van der Waals surface area contributed by atoms with Gasteiger partial charge in [0.2, 0.25) is 0 Å². The number of para-hydroxylation sites is 1. The molecule has 33 heavy (non-hydrogen) atoms. The zero-order valence-electron chi connectivity index (χ0n) is 20.9. The van der Waals surface area contributed by atoms with E-state index in [9.17, 15) is 9.59 Å². The molecule has 10 nitrogen and oxygen atoms in total. The van der Waals surface area contributed by atoms with Crippen molar-refractivity contribution in [1.29, 1.82) is 0 Å². The Balaban J connectivity index is 1.51. The second-order valence-electron chi connectivity index (χ2n) is 8.17. The van der Waals surface area contributed by atoms with Crippen molar-refractivity contribution >= 4 is 23.2 Å². The quantitative estimate of drug-likeness (QED) is 0.415. The van der Waals surface area contributed by atoms with E-state index in [-0.39, 0.29) is 23.1 Å². The lowest BCUT2D eigenvalue weighted by Gasteiger charge is -2.16. The van der Waals surface area contributed by atoms with Crippen molar-refractivity contribution in [3.8, 4) is 17.1 Å². The van der Waals surface area contributed by atoms with Crippen LogP contribution in [-0.4, -0.2) is 52.1 Å². The van der Waals surface area contributed by atoms with Crippen LogP contribution in [0.5, 0.6) is 5.75 Å². The molecule has 5 rings (SSSR count). The molecule has 2 aliphatic carbocycles. The van der Waals surface area contributed by atoms with Crippen LogP contribution in [0, 0.1) is 0 Å². The van der Waals surface area contributed by atoms with Crippen molar-refractivity contribution < 1.29 is 18.4 Å². The minimum Gasteiger partial charge on any atom is -0.494 e. The second kappa shape index (κ2) is 8.53. The van der Waals surface area contributed by atoms with Crippen molar-refractivity contribution in [2.75, 3.05) is 19.4 Å². The first-order chi connectivity index (χ1) is 17.2. The summed E-state index contributed by atoms with van der Waals surface area (Å²) in [6, 6.07) is 6.82. The first kappa shape index (κ1) is 17.6. The van der Waals surface area contributed by atoms with Crippen LogP contribution in [0.3, 0.4) is 0 Å². The van der Waals surface area contributed by atoms with E-state index in [1.165, 1.54) is 13.2 Å². The maximum atomic E-state index is 12.7. The molecule has 1 aromatic carbocycles. The van der Waals surface area contributed by atoms with Crippen molar-refractivity contribution in [1.82, 2.24) is 30.8 Å². The summed E-state index contributed by atoms with van der Waals surface area (Å²) in [5, 5.41) is 15.5. The fraction of sp³-hybridized carbons (Fsp3) is 0.348. The number of carbonyl (C=O) groups excluding carboxylic acids is 2. The molecule has 0 radical (unpaired) electrons. The zero-order chi connectivity index (χ0) is 25.4. The standard InChI is InChI=1S/C23H25N7O3/c1-24-23(32)19-16(10-17(29-30-19)22(31)26-13-8-9-13)27-15-5-3-4-14(20(15)33-2)21-25-11-18(28-21)12-6-7-12/h3-5,10-13H,6-9H2,1-2H3,(H,24,32)(H,25,28)(H,26,31)(H,27,29)/i1D3. The van der Waals surface area contributed by atoms with E-state index in [2.05, 4.69) is 30.8 Å². The Labute approximate surface area is 194 Å². The lowest BCUT2D eigenvalue weighted by Crippen LogP contribution is -2.28. The third-order valence-electron chi connectivity index (χ3n) is 5.62. The van der Waals surface area contributed by atoms with Gasteiger partial charge in [-0.05, 0) is 43.9 Å². The van der Waals surface area contributed by atoms with Gasteiger partial charge in [-0.2, -0.15) is 0 Å². The number of hydrogen-bond acceptors (Lipinski definition) is 7. The number of amides is 2. The topological polar surface area (TPSA) is 134 Å². The fourth-order valence-electron chi connectivity index (χ4n) is 3.57. The molecule has 2 aromatic heterocycles. The van der Waals surface area contributed by atoms with Gasteiger partial charge < -0.3 is 25.7 Å². The van der Waals surface area contributed by atoms with Gasteiger partial charge in [-0.15, -0.1) is 10.2 Å². The molecule has 2 amide bonds. The number of hydrogen-bond donors (Lipinski definition) is 4. The molecule has 3 aromatic rings. The smallest absolute Gasteiger partial charge is 0.273 e. The van der Waals surface area contributed by atoms with E-state index in [1.807, 2.05) is 17.6 Å². The van der Waals surface area contributed by atoms with E-state index < -0.39 is 18.8 Å². The van der Waals surface area contributed by atoms with Gasteiger partial charge in [0.15, 0.2) is 17.1 Å². The van der Waals surface area contributed by atoms with Crippen LogP contribution >= 0.6 is 0 Å². The summed E-state index contributed by atoms with van der Waals surface area (Å²) >= 11 is 0. The highest BCUT2D eigenvalue weighted by atomic mass is 16.5. The van der Waals surface area contributed by atoms with Crippen LogP contribution in [0.1, 0.15) is 62.4 Å². The lowest BCUT2D eigenvalue weighted by molar-refractivity contribution is 0.0935. The summed E-state index contributed by atoms with van der Waals surface area (Å²) in [5.41, 5.74) is 2.03. The highest BCUT2D eigenvalue weighted by Gasteiger charge is 2.27. The van der Waals surface area contributed by atoms with Crippen molar-refractivity contribution in [2.45, 2.75) is 37.6 Å². The van der Waals surface area contributed by atoms with E-state index in [4.69, 9.17) is 8.85 Å². The Morgan fingerprint density at radius 1 is 1.15 bits per heavy atom. The van der Waals surface area contributed by atoms with Crippen molar-refractivity contribution in [2.24, 2.45) is 0 Å². The van der Waals surface area contributed by atoms with Crippen LogP contribution in [-0.2, 0) is 0 Å².